The zero-order chi connectivity index (χ0) is 13.2. The van der Waals surface area contributed by atoms with Gasteiger partial charge in [0.05, 0.1) is 11.6 Å². The molecule has 1 atom stereocenters. The summed E-state index contributed by atoms with van der Waals surface area (Å²) >= 11 is 1.47. The van der Waals surface area contributed by atoms with Crippen LogP contribution in [0.1, 0.15) is 54.0 Å². The van der Waals surface area contributed by atoms with Crippen molar-refractivity contribution >= 4 is 17.3 Å². The summed E-state index contributed by atoms with van der Waals surface area (Å²) in [4.78, 5) is 16.2. The number of carbonyl (C=O) groups is 1. The minimum atomic E-state index is -0.963. The molecule has 0 fully saturated rings. The first-order valence-electron chi connectivity index (χ1n) is 5.50. The fourth-order valence-corrected chi connectivity index (χ4v) is 2.62. The third-order valence-electron chi connectivity index (χ3n) is 2.36. The van der Waals surface area contributed by atoms with E-state index in [1.807, 2.05) is 27.7 Å². The lowest BCUT2D eigenvalue weighted by Gasteiger charge is -2.13. The van der Waals surface area contributed by atoms with Crippen molar-refractivity contribution in [2.75, 3.05) is 13.7 Å². The predicted molar refractivity (Wildman–Crippen MR) is 68.1 cm³/mol. The van der Waals surface area contributed by atoms with Crippen LogP contribution in [0.3, 0.4) is 0 Å². The third kappa shape index (κ3) is 3.26. The van der Waals surface area contributed by atoms with E-state index >= 15 is 0 Å². The maximum atomic E-state index is 11.2. The van der Waals surface area contributed by atoms with E-state index in [4.69, 9.17) is 9.84 Å². The van der Waals surface area contributed by atoms with Crippen LogP contribution in [-0.4, -0.2) is 29.8 Å². The fourth-order valence-electron chi connectivity index (χ4n) is 1.47. The van der Waals surface area contributed by atoms with Crippen LogP contribution in [0, 0.1) is 0 Å². The molecule has 96 valence electrons. The number of thiazole rings is 1. The normalized spacial score (nSPS) is 13.7. The van der Waals surface area contributed by atoms with Gasteiger partial charge in [-0.2, -0.15) is 0 Å². The molecule has 1 heterocycles. The highest BCUT2D eigenvalue weighted by atomic mass is 32.1. The molecule has 0 radical (unpaired) electrons. The van der Waals surface area contributed by atoms with Gasteiger partial charge in [-0.3, -0.25) is 0 Å². The summed E-state index contributed by atoms with van der Waals surface area (Å²) in [6.45, 7) is 8.55. The van der Waals surface area contributed by atoms with E-state index < -0.39 is 5.97 Å². The standard InChI is InChI=1S/C12H19NO3S/c1-7(6-16-5)9-8(10(14)15)13-11(17-9)12(2,3)4/h7H,6H2,1-5H3,(H,14,15). The highest BCUT2D eigenvalue weighted by Gasteiger charge is 2.26. The van der Waals surface area contributed by atoms with Crippen LogP contribution in [0.5, 0.6) is 0 Å². The number of aromatic carboxylic acids is 1. The van der Waals surface area contributed by atoms with Crippen LogP contribution in [-0.2, 0) is 10.2 Å². The first-order chi connectivity index (χ1) is 7.77. The van der Waals surface area contributed by atoms with Gasteiger partial charge in [-0.1, -0.05) is 27.7 Å². The molecule has 0 aromatic carbocycles. The summed E-state index contributed by atoms with van der Waals surface area (Å²) in [5.74, 6) is -0.908. The Morgan fingerprint density at radius 2 is 2.12 bits per heavy atom. The SMILES string of the molecule is COCC(C)c1sc(C(C)(C)C)nc1C(=O)O. The topological polar surface area (TPSA) is 59.4 Å². The molecular formula is C12H19NO3S. The first kappa shape index (κ1) is 14.1. The summed E-state index contributed by atoms with van der Waals surface area (Å²) in [5, 5.41) is 10.0. The number of nitrogens with zero attached hydrogens (tertiary/aromatic N) is 1. The number of aromatic nitrogens is 1. The number of hydrogen-bond acceptors (Lipinski definition) is 4. The summed E-state index contributed by atoms with van der Waals surface area (Å²) in [6.07, 6.45) is 0. The van der Waals surface area contributed by atoms with Crippen molar-refractivity contribution in [3.8, 4) is 0 Å². The van der Waals surface area contributed by atoms with Crippen LogP contribution in [0.4, 0.5) is 0 Å². The Hall–Kier alpha value is -0.940. The second kappa shape index (κ2) is 5.14. The van der Waals surface area contributed by atoms with Gasteiger partial charge in [-0.25, -0.2) is 9.78 Å². The number of carboxylic acids is 1. The highest BCUT2D eigenvalue weighted by molar-refractivity contribution is 7.12. The number of methoxy groups -OCH3 is 1. The number of rotatable bonds is 4. The van der Waals surface area contributed by atoms with E-state index in [2.05, 4.69) is 4.98 Å². The van der Waals surface area contributed by atoms with E-state index in [9.17, 15) is 4.79 Å². The lowest BCUT2D eigenvalue weighted by molar-refractivity contribution is 0.0688. The van der Waals surface area contributed by atoms with Gasteiger partial charge >= 0.3 is 5.97 Å². The monoisotopic (exact) mass is 257 g/mol. The minimum Gasteiger partial charge on any atom is -0.476 e. The summed E-state index contributed by atoms with van der Waals surface area (Å²) in [6, 6.07) is 0. The Morgan fingerprint density at radius 1 is 1.53 bits per heavy atom. The number of carboxylic acid groups (broad SMARTS) is 1. The Balaban J connectivity index is 3.19. The Bertz CT molecular complexity index is 406. The molecule has 1 aromatic rings. The molecule has 1 unspecified atom stereocenters. The molecule has 0 aliphatic heterocycles. The lowest BCUT2D eigenvalue weighted by Crippen LogP contribution is -2.11. The molecule has 0 saturated heterocycles. The summed E-state index contributed by atoms with van der Waals surface area (Å²) < 4.78 is 5.07. The van der Waals surface area contributed by atoms with Crippen molar-refractivity contribution in [3.63, 3.8) is 0 Å². The third-order valence-corrected chi connectivity index (χ3v) is 4.07. The van der Waals surface area contributed by atoms with Gasteiger partial charge in [0.1, 0.15) is 0 Å². The Kier molecular flexibility index (Phi) is 4.27. The Morgan fingerprint density at radius 3 is 2.53 bits per heavy atom. The van der Waals surface area contributed by atoms with Gasteiger partial charge < -0.3 is 9.84 Å². The molecule has 4 nitrogen and oxygen atoms in total. The van der Waals surface area contributed by atoms with Gasteiger partial charge in [-0.05, 0) is 0 Å². The van der Waals surface area contributed by atoms with Gasteiger partial charge in [0.25, 0.3) is 0 Å². The maximum absolute atomic E-state index is 11.2. The van der Waals surface area contributed by atoms with E-state index in [1.54, 1.807) is 7.11 Å². The molecular weight excluding hydrogens is 238 g/mol. The van der Waals surface area contributed by atoms with Gasteiger partial charge in [-0.15, -0.1) is 11.3 Å². The van der Waals surface area contributed by atoms with Crippen molar-refractivity contribution in [1.82, 2.24) is 4.98 Å². The van der Waals surface area contributed by atoms with Crippen LogP contribution in [0.2, 0.25) is 0 Å². The highest BCUT2D eigenvalue weighted by Crippen LogP contribution is 2.33. The summed E-state index contributed by atoms with van der Waals surface area (Å²) in [7, 11) is 1.61. The number of ether oxygens (including phenoxy) is 1. The van der Waals surface area contributed by atoms with Crippen molar-refractivity contribution in [1.29, 1.82) is 0 Å². The molecule has 17 heavy (non-hydrogen) atoms. The minimum absolute atomic E-state index is 0.0553. The van der Waals surface area contributed by atoms with Crippen molar-refractivity contribution < 1.29 is 14.6 Å². The Labute approximate surface area is 106 Å². The van der Waals surface area contributed by atoms with Crippen LogP contribution in [0.25, 0.3) is 0 Å². The zero-order valence-corrected chi connectivity index (χ0v) is 11.7. The maximum Gasteiger partial charge on any atom is 0.355 e. The molecule has 0 aliphatic carbocycles. The largest absolute Gasteiger partial charge is 0.476 e. The molecule has 5 heteroatoms. The fraction of sp³-hybridized carbons (Fsp3) is 0.667. The van der Waals surface area contributed by atoms with Crippen LogP contribution < -0.4 is 0 Å². The molecule has 0 amide bonds. The van der Waals surface area contributed by atoms with Gasteiger partial charge in [0.2, 0.25) is 0 Å². The zero-order valence-electron chi connectivity index (χ0n) is 10.9. The van der Waals surface area contributed by atoms with Crippen molar-refractivity contribution in [2.45, 2.75) is 39.0 Å². The molecule has 1 aromatic heterocycles. The van der Waals surface area contributed by atoms with E-state index in [0.29, 0.717) is 6.61 Å². The lowest BCUT2D eigenvalue weighted by atomic mass is 9.98. The molecule has 1 rings (SSSR count). The predicted octanol–water partition coefficient (Wildman–Crippen LogP) is 2.89. The average molecular weight is 257 g/mol. The first-order valence-corrected chi connectivity index (χ1v) is 6.32. The van der Waals surface area contributed by atoms with Gasteiger partial charge in [0, 0.05) is 23.3 Å². The van der Waals surface area contributed by atoms with Gasteiger partial charge in [0.15, 0.2) is 5.69 Å². The van der Waals surface area contributed by atoms with E-state index in [1.165, 1.54) is 11.3 Å². The molecule has 0 aliphatic rings. The summed E-state index contributed by atoms with van der Waals surface area (Å²) in [5.41, 5.74) is 0.0457. The second-order valence-electron chi connectivity index (χ2n) is 5.14. The average Bonchev–Trinajstić information content (AvgIpc) is 2.61. The smallest absolute Gasteiger partial charge is 0.355 e. The quantitative estimate of drug-likeness (QED) is 0.901. The van der Waals surface area contributed by atoms with Crippen molar-refractivity contribution in [3.05, 3.63) is 15.6 Å². The second-order valence-corrected chi connectivity index (χ2v) is 6.17. The van der Waals surface area contributed by atoms with E-state index in [0.717, 1.165) is 9.88 Å². The molecule has 0 saturated carbocycles. The van der Waals surface area contributed by atoms with Crippen LogP contribution >= 0.6 is 11.3 Å². The van der Waals surface area contributed by atoms with Crippen LogP contribution in [0.15, 0.2) is 0 Å². The molecule has 0 spiro atoms. The van der Waals surface area contributed by atoms with E-state index in [-0.39, 0.29) is 17.0 Å². The number of hydrogen-bond donors (Lipinski definition) is 1. The molecule has 0 bridgehead atoms. The molecule has 1 N–H and O–H groups in total. The van der Waals surface area contributed by atoms with Crippen molar-refractivity contribution in [2.24, 2.45) is 0 Å².